The molecule has 2 amide bonds. The molecule has 1 saturated carbocycles. The molecule has 4 rings (SSSR count). The summed E-state index contributed by atoms with van der Waals surface area (Å²) >= 11 is 0. The van der Waals surface area contributed by atoms with Crippen molar-refractivity contribution in [3.8, 4) is 0 Å². The van der Waals surface area contributed by atoms with Crippen LogP contribution in [-0.4, -0.2) is 35.3 Å². The molecular formula is C26H31N5O2. The maximum absolute atomic E-state index is 13.3. The third-order valence-electron chi connectivity index (χ3n) is 6.58. The van der Waals surface area contributed by atoms with Crippen LogP contribution >= 0.6 is 0 Å². The van der Waals surface area contributed by atoms with Crippen LogP contribution < -0.4 is 16.4 Å². The molecule has 33 heavy (non-hydrogen) atoms. The van der Waals surface area contributed by atoms with Crippen LogP contribution in [0.15, 0.2) is 48.5 Å². The second-order valence-corrected chi connectivity index (χ2v) is 9.01. The Bertz CT molecular complexity index is 1190. The maximum atomic E-state index is 13.3. The number of benzene rings is 2. The highest BCUT2D eigenvalue weighted by Crippen LogP contribution is 2.26. The fraction of sp³-hybridized carbons (Fsp3) is 0.346. The van der Waals surface area contributed by atoms with Crippen molar-refractivity contribution in [2.75, 3.05) is 7.05 Å². The Morgan fingerprint density at radius 3 is 2.30 bits per heavy atom. The van der Waals surface area contributed by atoms with Gasteiger partial charge in [-0.1, -0.05) is 31.2 Å². The number of amides is 2. The predicted octanol–water partition coefficient (Wildman–Crippen LogP) is 3.64. The van der Waals surface area contributed by atoms with Gasteiger partial charge in [-0.15, -0.1) is 0 Å². The minimum atomic E-state index is -0.138. The Kier molecular flexibility index (Phi) is 6.49. The van der Waals surface area contributed by atoms with Gasteiger partial charge >= 0.3 is 0 Å². The van der Waals surface area contributed by atoms with E-state index in [9.17, 15) is 9.59 Å². The second kappa shape index (κ2) is 9.48. The van der Waals surface area contributed by atoms with E-state index in [1.807, 2.05) is 34.9 Å². The molecular weight excluding hydrogens is 414 g/mol. The highest BCUT2D eigenvalue weighted by molar-refractivity contribution is 6.02. The average molecular weight is 446 g/mol. The summed E-state index contributed by atoms with van der Waals surface area (Å²) in [5, 5.41) is 14.6. The number of nitrogens with zero attached hydrogens (tertiary/aromatic N) is 1. The lowest BCUT2D eigenvalue weighted by molar-refractivity contribution is 0.0913. The van der Waals surface area contributed by atoms with E-state index in [4.69, 9.17) is 11.1 Å². The monoisotopic (exact) mass is 445 g/mol. The van der Waals surface area contributed by atoms with Crippen molar-refractivity contribution in [2.45, 2.75) is 45.2 Å². The molecule has 5 N–H and O–H groups in total. The Hall–Kier alpha value is -3.61. The zero-order valence-electron chi connectivity index (χ0n) is 19.2. The predicted molar refractivity (Wildman–Crippen MR) is 131 cm³/mol. The SMILES string of the molecule is CNC(=O)c1ccc(Cn2c(C(=O)NC3CCC(C)CC3)cc3ccc(C(=N)N)cc32)cc1. The van der Waals surface area contributed by atoms with Gasteiger partial charge in [-0.3, -0.25) is 15.0 Å². The molecule has 0 bridgehead atoms. The molecule has 0 unspecified atom stereocenters. The first-order valence-electron chi connectivity index (χ1n) is 11.4. The molecule has 1 fully saturated rings. The van der Waals surface area contributed by atoms with Gasteiger partial charge in [0.2, 0.25) is 0 Å². The highest BCUT2D eigenvalue weighted by Gasteiger charge is 2.23. The minimum absolute atomic E-state index is 0.0121. The van der Waals surface area contributed by atoms with Crippen molar-refractivity contribution in [3.63, 3.8) is 0 Å². The summed E-state index contributed by atoms with van der Waals surface area (Å²) < 4.78 is 1.97. The number of nitrogens with one attached hydrogen (secondary N) is 3. The summed E-state index contributed by atoms with van der Waals surface area (Å²) in [5.74, 6) is 0.479. The molecule has 0 aliphatic heterocycles. The molecule has 1 aliphatic carbocycles. The van der Waals surface area contributed by atoms with Gasteiger partial charge in [-0.25, -0.2) is 0 Å². The van der Waals surface area contributed by atoms with E-state index >= 15 is 0 Å². The molecule has 0 saturated heterocycles. The van der Waals surface area contributed by atoms with Crippen molar-refractivity contribution < 1.29 is 9.59 Å². The van der Waals surface area contributed by atoms with Gasteiger partial charge in [-0.05, 0) is 61.4 Å². The van der Waals surface area contributed by atoms with E-state index < -0.39 is 0 Å². The summed E-state index contributed by atoms with van der Waals surface area (Å²) in [4.78, 5) is 25.2. The van der Waals surface area contributed by atoms with Gasteiger partial charge in [0, 0.05) is 41.7 Å². The maximum Gasteiger partial charge on any atom is 0.268 e. The summed E-state index contributed by atoms with van der Waals surface area (Å²) in [6.07, 6.45) is 4.27. The third kappa shape index (κ3) is 4.92. The van der Waals surface area contributed by atoms with Crippen molar-refractivity contribution in [2.24, 2.45) is 11.7 Å². The van der Waals surface area contributed by atoms with Crippen LogP contribution in [0.25, 0.3) is 10.9 Å². The Morgan fingerprint density at radius 1 is 1.00 bits per heavy atom. The topological polar surface area (TPSA) is 113 Å². The van der Waals surface area contributed by atoms with Crippen LogP contribution in [0.5, 0.6) is 0 Å². The van der Waals surface area contributed by atoms with E-state index in [1.165, 1.54) is 0 Å². The lowest BCUT2D eigenvalue weighted by atomic mass is 9.87. The fourth-order valence-electron chi connectivity index (χ4n) is 4.53. The van der Waals surface area contributed by atoms with Crippen LogP contribution in [0.3, 0.4) is 0 Å². The zero-order valence-corrected chi connectivity index (χ0v) is 19.2. The number of rotatable bonds is 6. The number of nitrogen functional groups attached to an aromatic ring is 1. The van der Waals surface area contributed by atoms with E-state index in [2.05, 4.69) is 17.6 Å². The molecule has 3 aromatic rings. The van der Waals surface area contributed by atoms with E-state index in [0.29, 0.717) is 29.3 Å². The number of fused-ring (bicyclic) bond motifs is 1. The van der Waals surface area contributed by atoms with E-state index in [0.717, 1.165) is 42.1 Å². The molecule has 1 aromatic heterocycles. The van der Waals surface area contributed by atoms with Crippen molar-refractivity contribution in [1.29, 1.82) is 5.41 Å². The van der Waals surface area contributed by atoms with Crippen molar-refractivity contribution in [1.82, 2.24) is 15.2 Å². The van der Waals surface area contributed by atoms with Crippen LogP contribution in [-0.2, 0) is 6.54 Å². The number of hydrogen-bond acceptors (Lipinski definition) is 3. The van der Waals surface area contributed by atoms with Crippen LogP contribution in [0, 0.1) is 11.3 Å². The zero-order chi connectivity index (χ0) is 23.5. The van der Waals surface area contributed by atoms with E-state index in [1.54, 1.807) is 25.2 Å². The number of nitrogens with two attached hydrogens (primary N) is 1. The Labute approximate surface area is 193 Å². The Morgan fingerprint density at radius 2 is 1.67 bits per heavy atom. The molecule has 1 heterocycles. The van der Waals surface area contributed by atoms with Gasteiger partial charge in [-0.2, -0.15) is 0 Å². The smallest absolute Gasteiger partial charge is 0.268 e. The van der Waals surface area contributed by atoms with Gasteiger partial charge in [0.25, 0.3) is 11.8 Å². The highest BCUT2D eigenvalue weighted by atomic mass is 16.2. The molecule has 0 radical (unpaired) electrons. The molecule has 7 heteroatoms. The minimum Gasteiger partial charge on any atom is -0.384 e. The number of carbonyl (C=O) groups excluding carboxylic acids is 2. The van der Waals surface area contributed by atoms with Gasteiger partial charge in [0.05, 0.1) is 0 Å². The standard InChI is InChI=1S/C26H31N5O2/c1-16-3-11-21(12-4-16)30-26(33)23-13-19-9-10-20(24(27)28)14-22(19)31(23)15-17-5-7-18(8-6-17)25(32)29-2/h5-10,13-14,16,21H,3-4,11-12,15H2,1-2H3,(H3,27,28)(H,29,32)(H,30,33). The van der Waals surface area contributed by atoms with Gasteiger partial charge < -0.3 is 20.9 Å². The first-order chi connectivity index (χ1) is 15.9. The summed E-state index contributed by atoms with van der Waals surface area (Å²) in [6.45, 7) is 2.72. The molecule has 172 valence electrons. The summed E-state index contributed by atoms with van der Waals surface area (Å²) in [6, 6.07) is 15.0. The van der Waals surface area contributed by atoms with Crippen LogP contribution in [0.4, 0.5) is 0 Å². The number of carbonyl (C=O) groups is 2. The number of hydrogen-bond donors (Lipinski definition) is 4. The number of aromatic nitrogens is 1. The van der Waals surface area contributed by atoms with E-state index in [-0.39, 0.29) is 23.7 Å². The number of amidine groups is 1. The summed E-state index contributed by atoms with van der Waals surface area (Å²) in [5.41, 5.74) is 9.32. The first-order valence-corrected chi connectivity index (χ1v) is 11.4. The van der Waals surface area contributed by atoms with Crippen LogP contribution in [0.2, 0.25) is 0 Å². The first kappa shape index (κ1) is 22.6. The fourth-order valence-corrected chi connectivity index (χ4v) is 4.53. The van der Waals surface area contributed by atoms with Crippen LogP contribution in [0.1, 0.15) is 64.6 Å². The molecule has 1 aliphatic rings. The molecule has 2 aromatic carbocycles. The molecule has 0 atom stereocenters. The normalized spacial score (nSPS) is 18.1. The molecule has 0 spiro atoms. The summed E-state index contributed by atoms with van der Waals surface area (Å²) in [7, 11) is 1.60. The Balaban J connectivity index is 1.68. The van der Waals surface area contributed by atoms with Crippen molar-refractivity contribution in [3.05, 3.63) is 70.9 Å². The quantitative estimate of drug-likeness (QED) is 0.343. The average Bonchev–Trinajstić information content (AvgIpc) is 3.18. The lowest BCUT2D eigenvalue weighted by Gasteiger charge is -2.27. The third-order valence-corrected chi connectivity index (χ3v) is 6.58. The van der Waals surface area contributed by atoms with Gasteiger partial charge in [0.1, 0.15) is 11.5 Å². The molecule has 7 nitrogen and oxygen atoms in total. The second-order valence-electron chi connectivity index (χ2n) is 9.01. The van der Waals surface area contributed by atoms with Crippen molar-refractivity contribution >= 4 is 28.6 Å². The van der Waals surface area contributed by atoms with Gasteiger partial charge in [0.15, 0.2) is 0 Å². The lowest BCUT2D eigenvalue weighted by Crippen LogP contribution is -2.38. The largest absolute Gasteiger partial charge is 0.384 e.